The molecule has 0 radical (unpaired) electrons. The Kier molecular flexibility index (Phi) is 11.9. The van der Waals surface area contributed by atoms with Gasteiger partial charge in [-0.1, -0.05) is 44.2 Å². The maximum Gasteiger partial charge on any atom is 0.193 e. The van der Waals surface area contributed by atoms with Gasteiger partial charge in [-0.25, -0.2) is 0 Å². The third kappa shape index (κ3) is 7.95. The van der Waals surface area contributed by atoms with E-state index in [1.54, 1.807) is 0 Å². The molecule has 27 heavy (non-hydrogen) atoms. The zero-order valence-corrected chi connectivity index (χ0v) is 19.7. The maximum absolute atomic E-state index is 5.93. The van der Waals surface area contributed by atoms with Crippen LogP contribution in [-0.4, -0.2) is 68.2 Å². The minimum Gasteiger partial charge on any atom is -0.376 e. The van der Waals surface area contributed by atoms with Gasteiger partial charge >= 0.3 is 0 Å². The summed E-state index contributed by atoms with van der Waals surface area (Å²) in [4.78, 5) is 9.32. The summed E-state index contributed by atoms with van der Waals surface area (Å²) in [6.07, 6.45) is 1.17. The molecule has 0 aliphatic carbocycles. The summed E-state index contributed by atoms with van der Waals surface area (Å²) in [5.41, 5.74) is 1.24. The van der Waals surface area contributed by atoms with Gasteiger partial charge < -0.3 is 15.0 Å². The second-order valence-corrected chi connectivity index (χ2v) is 7.10. The van der Waals surface area contributed by atoms with Gasteiger partial charge in [-0.3, -0.25) is 9.89 Å². The van der Waals surface area contributed by atoms with Crippen molar-refractivity contribution in [2.75, 3.05) is 46.4 Å². The lowest BCUT2D eigenvalue weighted by Gasteiger charge is -2.29. The van der Waals surface area contributed by atoms with Crippen LogP contribution in [0.2, 0.25) is 0 Å². The van der Waals surface area contributed by atoms with E-state index in [2.05, 4.69) is 65.1 Å². The molecular weight excluding hydrogens is 451 g/mol. The molecule has 1 heterocycles. The highest BCUT2D eigenvalue weighted by Crippen LogP contribution is 2.17. The zero-order chi connectivity index (χ0) is 18.8. The van der Waals surface area contributed by atoms with Crippen molar-refractivity contribution in [3.05, 3.63) is 35.9 Å². The molecule has 1 fully saturated rings. The number of aliphatic imine (C=N–C) groups is 1. The molecule has 2 rings (SSSR count). The lowest BCUT2D eigenvalue weighted by atomic mass is 10.1. The number of nitrogens with one attached hydrogen (secondary N) is 1. The van der Waals surface area contributed by atoms with Crippen molar-refractivity contribution in [3.8, 4) is 0 Å². The highest BCUT2D eigenvalue weighted by molar-refractivity contribution is 14.0. The van der Waals surface area contributed by atoms with Gasteiger partial charge in [-0.15, -0.1) is 24.0 Å². The minimum absolute atomic E-state index is 0. The summed E-state index contributed by atoms with van der Waals surface area (Å²) in [6.45, 7) is 13.4. The number of benzene rings is 1. The summed E-state index contributed by atoms with van der Waals surface area (Å²) in [6, 6.07) is 10.9. The van der Waals surface area contributed by atoms with Crippen LogP contribution >= 0.6 is 24.0 Å². The molecule has 1 aliphatic rings. The topological polar surface area (TPSA) is 40.1 Å². The number of hydrogen-bond donors (Lipinski definition) is 1. The first-order valence-corrected chi connectivity index (χ1v) is 9.99. The lowest BCUT2D eigenvalue weighted by molar-refractivity contribution is 0.0906. The number of hydrogen-bond acceptors (Lipinski definition) is 3. The van der Waals surface area contributed by atoms with E-state index in [-0.39, 0.29) is 24.0 Å². The third-order valence-electron chi connectivity index (χ3n) is 5.25. The first-order chi connectivity index (χ1) is 12.7. The molecule has 1 aliphatic heterocycles. The standard InChI is InChI=1S/C21H36N4O.HI/c1-5-24(6-2)18(3)14-23-21(22-4)25-13-12-20(15-25)17-26-16-19-10-8-7-9-11-19;/h7-11,18,20H,5-6,12-17H2,1-4H3,(H,22,23);1H. The van der Waals surface area contributed by atoms with Crippen LogP contribution in [0.3, 0.4) is 0 Å². The number of ether oxygens (including phenoxy) is 1. The summed E-state index contributed by atoms with van der Waals surface area (Å²) in [5.74, 6) is 1.60. The van der Waals surface area contributed by atoms with Crippen molar-refractivity contribution in [1.82, 2.24) is 15.1 Å². The fourth-order valence-corrected chi connectivity index (χ4v) is 3.63. The molecule has 0 amide bonds. The Bertz CT molecular complexity index is 536. The minimum atomic E-state index is 0. The van der Waals surface area contributed by atoms with Gasteiger partial charge in [0.1, 0.15) is 0 Å². The molecular formula is C21H37IN4O. The Morgan fingerprint density at radius 2 is 2.00 bits per heavy atom. The van der Waals surface area contributed by atoms with Crippen molar-refractivity contribution in [1.29, 1.82) is 0 Å². The van der Waals surface area contributed by atoms with Crippen molar-refractivity contribution >= 4 is 29.9 Å². The van der Waals surface area contributed by atoms with E-state index in [1.165, 1.54) is 12.0 Å². The Labute approximate surface area is 182 Å². The first kappa shape index (κ1) is 24.2. The first-order valence-electron chi connectivity index (χ1n) is 9.99. The molecule has 0 spiro atoms. The van der Waals surface area contributed by atoms with Crippen LogP contribution in [0.25, 0.3) is 0 Å². The molecule has 154 valence electrons. The Morgan fingerprint density at radius 1 is 1.30 bits per heavy atom. The van der Waals surface area contributed by atoms with Gasteiger partial charge in [0.05, 0.1) is 13.2 Å². The van der Waals surface area contributed by atoms with Crippen LogP contribution in [0, 0.1) is 5.92 Å². The largest absolute Gasteiger partial charge is 0.376 e. The highest BCUT2D eigenvalue weighted by atomic mass is 127. The average molecular weight is 488 g/mol. The number of halogens is 1. The molecule has 6 heteroatoms. The van der Waals surface area contributed by atoms with Crippen molar-refractivity contribution < 1.29 is 4.74 Å². The summed E-state index contributed by atoms with van der Waals surface area (Å²) < 4.78 is 5.93. The van der Waals surface area contributed by atoms with Crippen molar-refractivity contribution in [2.45, 2.75) is 39.8 Å². The van der Waals surface area contributed by atoms with Crippen LogP contribution in [-0.2, 0) is 11.3 Å². The van der Waals surface area contributed by atoms with Gasteiger partial charge in [0.15, 0.2) is 5.96 Å². The summed E-state index contributed by atoms with van der Waals surface area (Å²) >= 11 is 0. The van der Waals surface area contributed by atoms with E-state index in [1.807, 2.05) is 13.1 Å². The number of rotatable bonds is 9. The number of guanidine groups is 1. The van der Waals surface area contributed by atoms with Crippen LogP contribution in [0.15, 0.2) is 35.3 Å². The number of nitrogens with zero attached hydrogens (tertiary/aromatic N) is 3. The predicted molar refractivity (Wildman–Crippen MR) is 125 cm³/mol. The monoisotopic (exact) mass is 488 g/mol. The van der Waals surface area contributed by atoms with E-state index >= 15 is 0 Å². The molecule has 1 saturated heterocycles. The molecule has 1 aromatic rings. The summed E-state index contributed by atoms with van der Waals surface area (Å²) in [5, 5.41) is 3.56. The van der Waals surface area contributed by atoms with Gasteiger partial charge in [-0.2, -0.15) is 0 Å². The molecule has 0 saturated carbocycles. The normalized spacial score (nSPS) is 18.5. The highest BCUT2D eigenvalue weighted by Gasteiger charge is 2.25. The van der Waals surface area contributed by atoms with E-state index in [4.69, 9.17) is 4.74 Å². The van der Waals surface area contributed by atoms with E-state index in [0.717, 1.165) is 45.3 Å². The van der Waals surface area contributed by atoms with Gasteiger partial charge in [0, 0.05) is 38.6 Å². The van der Waals surface area contributed by atoms with E-state index in [0.29, 0.717) is 18.6 Å². The van der Waals surface area contributed by atoms with Gasteiger partial charge in [-0.05, 0) is 32.0 Å². The fraction of sp³-hybridized carbons (Fsp3) is 0.667. The maximum atomic E-state index is 5.93. The predicted octanol–water partition coefficient (Wildman–Crippen LogP) is 3.45. The van der Waals surface area contributed by atoms with Crippen LogP contribution in [0.5, 0.6) is 0 Å². The third-order valence-corrected chi connectivity index (χ3v) is 5.25. The van der Waals surface area contributed by atoms with Gasteiger partial charge in [0.25, 0.3) is 0 Å². The zero-order valence-electron chi connectivity index (χ0n) is 17.4. The smallest absolute Gasteiger partial charge is 0.193 e. The van der Waals surface area contributed by atoms with Gasteiger partial charge in [0.2, 0.25) is 0 Å². The Morgan fingerprint density at radius 3 is 2.63 bits per heavy atom. The quantitative estimate of drug-likeness (QED) is 0.329. The molecule has 2 atom stereocenters. The van der Waals surface area contributed by atoms with Crippen LogP contribution in [0.1, 0.15) is 32.8 Å². The molecule has 1 aromatic carbocycles. The number of likely N-dealkylation sites (N-methyl/N-ethyl adjacent to an activating group) is 1. The lowest BCUT2D eigenvalue weighted by Crippen LogP contribution is -2.47. The summed E-state index contributed by atoms with van der Waals surface area (Å²) in [7, 11) is 1.88. The van der Waals surface area contributed by atoms with E-state index < -0.39 is 0 Å². The number of likely N-dealkylation sites (tertiary alicyclic amines) is 1. The molecule has 1 N–H and O–H groups in total. The SMILES string of the molecule is CCN(CC)C(C)CNC(=NC)N1CCC(COCc2ccccc2)C1.I. The second-order valence-electron chi connectivity index (χ2n) is 7.10. The van der Waals surface area contributed by atoms with Crippen LogP contribution < -0.4 is 5.32 Å². The molecule has 5 nitrogen and oxygen atoms in total. The van der Waals surface area contributed by atoms with Crippen molar-refractivity contribution in [3.63, 3.8) is 0 Å². The Balaban J connectivity index is 0.00000364. The fourth-order valence-electron chi connectivity index (χ4n) is 3.63. The molecule has 2 unspecified atom stereocenters. The van der Waals surface area contributed by atoms with Crippen LogP contribution in [0.4, 0.5) is 0 Å². The molecule has 0 bridgehead atoms. The Hall–Kier alpha value is -0.860. The average Bonchev–Trinajstić information content (AvgIpc) is 3.13. The molecule has 0 aromatic heterocycles. The second kappa shape index (κ2) is 13.3. The van der Waals surface area contributed by atoms with Crippen molar-refractivity contribution in [2.24, 2.45) is 10.9 Å². The van der Waals surface area contributed by atoms with E-state index in [9.17, 15) is 0 Å².